The minimum atomic E-state index is -0.405. The number of aryl methyl sites for hydroxylation is 2. The largest absolute Gasteiger partial charge is 0.350 e. The molecule has 1 N–H and O–H groups in total. The monoisotopic (exact) mass is 328 g/mol. The van der Waals surface area contributed by atoms with Crippen LogP contribution in [0.15, 0.2) is 42.5 Å². The van der Waals surface area contributed by atoms with Gasteiger partial charge in [-0.15, -0.1) is 0 Å². The van der Waals surface area contributed by atoms with Crippen LogP contribution in [0.2, 0.25) is 0 Å². The van der Waals surface area contributed by atoms with Crippen LogP contribution in [-0.4, -0.2) is 24.9 Å². The summed E-state index contributed by atoms with van der Waals surface area (Å²) in [5.74, 6) is -0.806. The van der Waals surface area contributed by atoms with Gasteiger partial charge in [0.1, 0.15) is 5.82 Å². The highest BCUT2D eigenvalue weighted by molar-refractivity contribution is 5.95. The molecule has 0 heterocycles. The zero-order valence-electron chi connectivity index (χ0n) is 14.1. The van der Waals surface area contributed by atoms with E-state index in [0.29, 0.717) is 11.3 Å². The Bertz CT molecular complexity index is 759. The van der Waals surface area contributed by atoms with Gasteiger partial charge in [0.25, 0.3) is 5.91 Å². The van der Waals surface area contributed by atoms with Gasteiger partial charge in [0, 0.05) is 31.3 Å². The molecule has 5 heteroatoms. The normalized spacial score (nSPS) is 10.3. The molecule has 0 aromatic heterocycles. The van der Waals surface area contributed by atoms with E-state index in [1.807, 2.05) is 26.0 Å². The average Bonchev–Trinajstić information content (AvgIpc) is 2.53. The molecule has 0 aliphatic carbocycles. The number of nitrogens with zero attached hydrogens (tertiary/aromatic N) is 1. The van der Waals surface area contributed by atoms with Crippen LogP contribution in [0.1, 0.15) is 28.4 Å². The summed E-state index contributed by atoms with van der Waals surface area (Å²) in [7, 11) is 0. The molecule has 0 aliphatic heterocycles. The highest BCUT2D eigenvalue weighted by atomic mass is 19.1. The van der Waals surface area contributed by atoms with Crippen LogP contribution in [0.5, 0.6) is 0 Å². The third-order valence-electron chi connectivity index (χ3n) is 3.89. The van der Waals surface area contributed by atoms with Gasteiger partial charge in [0.05, 0.1) is 0 Å². The molecular formula is C19H21FN2O2. The van der Waals surface area contributed by atoms with Gasteiger partial charge in [-0.05, 0) is 55.3 Å². The molecule has 2 aromatic carbocycles. The molecule has 0 spiro atoms. The van der Waals surface area contributed by atoms with E-state index in [1.54, 1.807) is 18.2 Å². The topological polar surface area (TPSA) is 49.4 Å². The lowest BCUT2D eigenvalue weighted by molar-refractivity contribution is -0.116. The van der Waals surface area contributed by atoms with Crippen LogP contribution in [0, 0.1) is 19.7 Å². The van der Waals surface area contributed by atoms with Crippen LogP contribution in [-0.2, 0) is 4.79 Å². The molecule has 0 unspecified atom stereocenters. The number of hydrogen-bond acceptors (Lipinski definition) is 2. The summed E-state index contributed by atoms with van der Waals surface area (Å²) >= 11 is 0. The van der Waals surface area contributed by atoms with Crippen LogP contribution in [0.25, 0.3) is 0 Å². The van der Waals surface area contributed by atoms with Crippen LogP contribution >= 0.6 is 0 Å². The van der Waals surface area contributed by atoms with E-state index in [4.69, 9.17) is 0 Å². The Balaban J connectivity index is 1.99. The van der Waals surface area contributed by atoms with E-state index in [1.165, 1.54) is 24.0 Å². The van der Waals surface area contributed by atoms with Gasteiger partial charge in [-0.3, -0.25) is 9.59 Å². The Hall–Kier alpha value is -2.69. The van der Waals surface area contributed by atoms with Crippen molar-refractivity contribution in [2.75, 3.05) is 18.0 Å². The number of halogens is 1. The van der Waals surface area contributed by atoms with E-state index in [9.17, 15) is 14.0 Å². The molecule has 0 saturated heterocycles. The fourth-order valence-corrected chi connectivity index (χ4v) is 2.38. The summed E-state index contributed by atoms with van der Waals surface area (Å²) in [5.41, 5.74) is 3.23. The molecular weight excluding hydrogens is 307 g/mol. The highest BCUT2D eigenvalue weighted by Gasteiger charge is 2.13. The lowest BCUT2D eigenvalue weighted by Gasteiger charge is -2.21. The molecule has 0 radical (unpaired) electrons. The predicted octanol–water partition coefficient (Wildman–Crippen LogP) is 3.23. The van der Waals surface area contributed by atoms with E-state index < -0.39 is 5.82 Å². The molecule has 0 saturated carbocycles. The first-order valence-corrected chi connectivity index (χ1v) is 7.77. The minimum Gasteiger partial charge on any atom is -0.350 e. The molecule has 0 bridgehead atoms. The van der Waals surface area contributed by atoms with Crippen LogP contribution in [0.3, 0.4) is 0 Å². The van der Waals surface area contributed by atoms with Crippen molar-refractivity contribution in [3.63, 3.8) is 0 Å². The standard InChI is InChI=1S/C19H21FN2O2/c1-13-7-8-16(11-14(13)2)19(24)21-9-10-22(15(3)23)18-6-4-5-17(20)12-18/h4-8,11-12H,9-10H2,1-3H3,(H,21,24). The molecule has 2 aromatic rings. The number of carbonyl (C=O) groups is 2. The number of carbonyl (C=O) groups excluding carboxylic acids is 2. The third kappa shape index (κ3) is 4.41. The van der Waals surface area contributed by atoms with Gasteiger partial charge in [-0.2, -0.15) is 0 Å². The van der Waals surface area contributed by atoms with Crippen molar-refractivity contribution in [3.05, 3.63) is 65.0 Å². The molecule has 2 amide bonds. The SMILES string of the molecule is CC(=O)N(CCNC(=O)c1ccc(C)c(C)c1)c1cccc(F)c1. The zero-order chi connectivity index (χ0) is 17.7. The molecule has 126 valence electrons. The fraction of sp³-hybridized carbons (Fsp3) is 0.263. The number of amides is 2. The Morgan fingerprint density at radius 3 is 2.46 bits per heavy atom. The smallest absolute Gasteiger partial charge is 0.251 e. The maximum Gasteiger partial charge on any atom is 0.251 e. The molecule has 0 fully saturated rings. The summed E-state index contributed by atoms with van der Waals surface area (Å²) in [6.07, 6.45) is 0. The first-order valence-electron chi connectivity index (χ1n) is 7.77. The van der Waals surface area contributed by atoms with E-state index in [0.717, 1.165) is 11.1 Å². The Labute approximate surface area is 141 Å². The van der Waals surface area contributed by atoms with E-state index in [-0.39, 0.29) is 24.9 Å². The second-order valence-electron chi connectivity index (χ2n) is 5.71. The van der Waals surface area contributed by atoms with Crippen molar-refractivity contribution >= 4 is 17.5 Å². The van der Waals surface area contributed by atoms with Crippen molar-refractivity contribution in [1.29, 1.82) is 0 Å². The second kappa shape index (κ2) is 7.73. The summed E-state index contributed by atoms with van der Waals surface area (Å²) < 4.78 is 13.3. The maximum atomic E-state index is 13.3. The van der Waals surface area contributed by atoms with Crippen molar-refractivity contribution in [1.82, 2.24) is 5.32 Å². The lowest BCUT2D eigenvalue weighted by Crippen LogP contribution is -2.37. The van der Waals surface area contributed by atoms with Crippen LogP contribution in [0.4, 0.5) is 10.1 Å². The molecule has 0 aliphatic rings. The van der Waals surface area contributed by atoms with Crippen molar-refractivity contribution in [2.24, 2.45) is 0 Å². The van der Waals surface area contributed by atoms with Crippen LogP contribution < -0.4 is 10.2 Å². The van der Waals surface area contributed by atoms with Crippen molar-refractivity contribution < 1.29 is 14.0 Å². The second-order valence-corrected chi connectivity index (χ2v) is 5.71. The first-order chi connectivity index (χ1) is 11.4. The summed E-state index contributed by atoms with van der Waals surface area (Å²) in [6, 6.07) is 11.3. The Morgan fingerprint density at radius 2 is 1.83 bits per heavy atom. The Morgan fingerprint density at radius 1 is 1.08 bits per heavy atom. The minimum absolute atomic E-state index is 0.194. The summed E-state index contributed by atoms with van der Waals surface area (Å²) in [5, 5.41) is 2.79. The quantitative estimate of drug-likeness (QED) is 0.916. The lowest BCUT2D eigenvalue weighted by atomic mass is 10.1. The average molecular weight is 328 g/mol. The summed E-state index contributed by atoms with van der Waals surface area (Å²) in [4.78, 5) is 25.4. The van der Waals surface area contributed by atoms with Gasteiger partial charge >= 0.3 is 0 Å². The predicted molar refractivity (Wildman–Crippen MR) is 92.7 cm³/mol. The molecule has 4 nitrogen and oxygen atoms in total. The van der Waals surface area contributed by atoms with Crippen molar-refractivity contribution in [2.45, 2.75) is 20.8 Å². The van der Waals surface area contributed by atoms with Gasteiger partial charge < -0.3 is 10.2 Å². The van der Waals surface area contributed by atoms with E-state index >= 15 is 0 Å². The number of rotatable bonds is 5. The fourth-order valence-electron chi connectivity index (χ4n) is 2.38. The zero-order valence-corrected chi connectivity index (χ0v) is 14.1. The number of nitrogens with one attached hydrogen (secondary N) is 1. The number of anilines is 1. The third-order valence-corrected chi connectivity index (χ3v) is 3.89. The molecule has 2 rings (SSSR count). The summed E-state index contributed by atoms with van der Waals surface area (Å²) in [6.45, 7) is 5.90. The van der Waals surface area contributed by atoms with Gasteiger partial charge in [-0.25, -0.2) is 4.39 Å². The number of benzene rings is 2. The molecule has 0 atom stereocenters. The maximum absolute atomic E-state index is 13.3. The van der Waals surface area contributed by atoms with Gasteiger partial charge in [-0.1, -0.05) is 12.1 Å². The first kappa shape index (κ1) is 17.7. The highest BCUT2D eigenvalue weighted by Crippen LogP contribution is 2.15. The van der Waals surface area contributed by atoms with Gasteiger partial charge in [0.2, 0.25) is 5.91 Å². The van der Waals surface area contributed by atoms with E-state index in [2.05, 4.69) is 5.32 Å². The van der Waals surface area contributed by atoms with Gasteiger partial charge in [0.15, 0.2) is 0 Å². The number of hydrogen-bond donors (Lipinski definition) is 1. The van der Waals surface area contributed by atoms with Crippen molar-refractivity contribution in [3.8, 4) is 0 Å². The molecule has 24 heavy (non-hydrogen) atoms. The Kier molecular flexibility index (Phi) is 5.68.